The number of thiophene rings is 1. The van der Waals surface area contributed by atoms with Crippen LogP contribution in [0.25, 0.3) is 103 Å². The van der Waals surface area contributed by atoms with Crippen LogP contribution < -0.4 is 10.4 Å². The first-order chi connectivity index (χ1) is 26.2. The average Bonchev–Trinajstić information content (AvgIpc) is 3.75. The maximum absolute atomic E-state index is 5.58. The van der Waals surface area contributed by atoms with Crippen LogP contribution in [0.3, 0.4) is 0 Å². The molecule has 0 atom stereocenters. The summed E-state index contributed by atoms with van der Waals surface area (Å²) in [6.45, 7) is 6.19. The number of rotatable bonds is 3. The topological polar surface area (TPSA) is 30.7 Å². The number of hydrogen-bond acceptors (Lipinski definition) is 3. The highest BCUT2D eigenvalue weighted by molar-refractivity contribution is 7.26. The largest absolute Gasteiger partial charge is 0.277 e. The molecule has 0 N–H and O–H groups in total. The molecule has 11 rings (SSSR count). The zero-order valence-electron chi connectivity index (χ0n) is 29.0. The number of nitrogens with zero attached hydrogens (tertiary/aromatic N) is 3. The lowest BCUT2D eigenvalue weighted by Gasteiger charge is -2.14. The van der Waals surface area contributed by atoms with Gasteiger partial charge in [-0.05, 0) is 62.7 Å². The Hall–Kier alpha value is -6.62. The van der Waals surface area contributed by atoms with E-state index in [9.17, 15) is 0 Å². The van der Waals surface area contributed by atoms with Crippen LogP contribution in [0.5, 0.6) is 0 Å². The number of benzene rings is 8. The fourth-order valence-electron chi connectivity index (χ4n) is 8.46. The predicted octanol–water partition coefficient (Wildman–Crippen LogP) is 11.7. The van der Waals surface area contributed by atoms with Crippen LogP contribution >= 0.6 is 11.3 Å². The third-order valence-electron chi connectivity index (χ3n) is 10.9. The van der Waals surface area contributed by atoms with Crippen molar-refractivity contribution >= 4 is 108 Å². The standard InChI is InChI=1S/C49H31N3S/c1-3-12-30-13-4-8-17-34(30)29(2)45-40-26-23-31-14-5-9-18-35(31)46(40)51-49(50-45)52-43-27-42-39-25-22-33-16-7-11-20-37(33)48(39)53-44(42)28-41(43)38-24-21-32-15-6-10-19-36(32)47(38)52/h3-28H,1H2,2H3/b30-12-,34-29+. The molecule has 8 aromatic carbocycles. The van der Waals surface area contributed by atoms with E-state index in [4.69, 9.17) is 9.97 Å². The highest BCUT2D eigenvalue weighted by Gasteiger charge is 2.22. The highest BCUT2D eigenvalue weighted by atomic mass is 32.1. The second-order valence-electron chi connectivity index (χ2n) is 13.8. The van der Waals surface area contributed by atoms with E-state index in [1.54, 1.807) is 0 Å². The van der Waals surface area contributed by atoms with E-state index < -0.39 is 0 Å². The van der Waals surface area contributed by atoms with E-state index in [0.29, 0.717) is 5.95 Å². The Kier molecular flexibility index (Phi) is 6.49. The Labute approximate surface area is 308 Å². The molecule has 0 spiro atoms. The third-order valence-corrected chi connectivity index (χ3v) is 12.1. The summed E-state index contributed by atoms with van der Waals surface area (Å²) >= 11 is 1.88. The van der Waals surface area contributed by atoms with E-state index in [1.165, 1.54) is 52.5 Å². The fraction of sp³-hybridized carbons (Fsp3) is 0.0204. The molecule has 0 unspecified atom stereocenters. The summed E-state index contributed by atoms with van der Waals surface area (Å²) in [5.41, 5.74) is 5.17. The molecule has 0 aliphatic rings. The van der Waals surface area contributed by atoms with Gasteiger partial charge in [0.2, 0.25) is 5.95 Å². The van der Waals surface area contributed by atoms with Crippen molar-refractivity contribution in [1.29, 1.82) is 0 Å². The van der Waals surface area contributed by atoms with Crippen molar-refractivity contribution in [2.75, 3.05) is 0 Å². The third kappa shape index (κ3) is 4.40. The number of allylic oxidation sites excluding steroid dienone is 1. The average molecular weight is 694 g/mol. The molecular weight excluding hydrogens is 663 g/mol. The molecule has 11 aromatic rings. The van der Waals surface area contributed by atoms with Crippen LogP contribution in [-0.2, 0) is 0 Å². The van der Waals surface area contributed by atoms with E-state index in [1.807, 2.05) is 17.4 Å². The second-order valence-corrected chi connectivity index (χ2v) is 14.9. The van der Waals surface area contributed by atoms with Gasteiger partial charge in [-0.3, -0.25) is 4.57 Å². The Morgan fingerprint density at radius 1 is 0.585 bits per heavy atom. The molecule has 248 valence electrons. The summed E-state index contributed by atoms with van der Waals surface area (Å²) in [4.78, 5) is 11.1. The molecule has 0 saturated heterocycles. The summed E-state index contributed by atoms with van der Waals surface area (Å²) in [5, 5.41) is 15.4. The Morgan fingerprint density at radius 3 is 2.02 bits per heavy atom. The number of hydrogen-bond donors (Lipinski definition) is 0. The molecule has 0 fully saturated rings. The van der Waals surface area contributed by atoms with Crippen molar-refractivity contribution in [3.63, 3.8) is 0 Å². The fourth-order valence-corrected chi connectivity index (χ4v) is 9.72. The molecule has 4 heteroatoms. The second kappa shape index (κ2) is 11.4. The Bertz CT molecular complexity index is 3490. The van der Waals surface area contributed by atoms with Gasteiger partial charge in [0.25, 0.3) is 0 Å². The number of fused-ring (bicyclic) bond motifs is 13. The van der Waals surface area contributed by atoms with Gasteiger partial charge in [0.05, 0.1) is 22.2 Å². The number of aromatic nitrogens is 3. The lowest BCUT2D eigenvalue weighted by molar-refractivity contribution is 1.01. The zero-order chi connectivity index (χ0) is 35.2. The quantitative estimate of drug-likeness (QED) is 0.173. The van der Waals surface area contributed by atoms with E-state index in [0.717, 1.165) is 54.4 Å². The lowest BCUT2D eigenvalue weighted by Crippen LogP contribution is -2.26. The highest BCUT2D eigenvalue weighted by Crippen LogP contribution is 2.44. The van der Waals surface area contributed by atoms with Crippen molar-refractivity contribution in [3.05, 3.63) is 174 Å². The van der Waals surface area contributed by atoms with Gasteiger partial charge in [-0.25, -0.2) is 9.97 Å². The van der Waals surface area contributed by atoms with Crippen LogP contribution in [0.2, 0.25) is 0 Å². The molecule has 0 aliphatic carbocycles. The van der Waals surface area contributed by atoms with Gasteiger partial charge in [0.1, 0.15) is 0 Å². The van der Waals surface area contributed by atoms with Crippen molar-refractivity contribution in [2.24, 2.45) is 0 Å². The summed E-state index contributed by atoms with van der Waals surface area (Å²) in [6.07, 6.45) is 3.92. The van der Waals surface area contributed by atoms with Crippen LogP contribution in [0.1, 0.15) is 12.6 Å². The SMILES string of the molecule is C=C/C=c1/cccc/c1=C(/C)c1nc(-n2c3cc4c(cc3c3ccc5ccccc5c32)sc2c3ccccc3ccc42)nc2c1ccc1ccccc12. The molecule has 0 radical (unpaired) electrons. The van der Waals surface area contributed by atoms with Crippen molar-refractivity contribution in [1.82, 2.24) is 14.5 Å². The molecule has 0 saturated carbocycles. The lowest BCUT2D eigenvalue weighted by atomic mass is 10.0. The molecule has 0 amide bonds. The van der Waals surface area contributed by atoms with E-state index in [-0.39, 0.29) is 0 Å². The molecular formula is C49H31N3S. The van der Waals surface area contributed by atoms with Gasteiger partial charge in [0, 0.05) is 47.1 Å². The maximum atomic E-state index is 5.58. The summed E-state index contributed by atoms with van der Waals surface area (Å²) < 4.78 is 4.93. The minimum Gasteiger partial charge on any atom is -0.277 e. The van der Waals surface area contributed by atoms with Crippen LogP contribution in [0.4, 0.5) is 0 Å². The van der Waals surface area contributed by atoms with Crippen molar-refractivity contribution in [2.45, 2.75) is 6.92 Å². The zero-order valence-corrected chi connectivity index (χ0v) is 29.8. The Morgan fingerprint density at radius 2 is 1.23 bits per heavy atom. The monoisotopic (exact) mass is 693 g/mol. The van der Waals surface area contributed by atoms with Gasteiger partial charge >= 0.3 is 0 Å². The van der Waals surface area contributed by atoms with Crippen molar-refractivity contribution in [3.8, 4) is 5.95 Å². The van der Waals surface area contributed by atoms with E-state index in [2.05, 4.69) is 170 Å². The minimum absolute atomic E-state index is 0.661. The van der Waals surface area contributed by atoms with Gasteiger partial charge in [-0.15, -0.1) is 11.3 Å². The minimum atomic E-state index is 0.661. The normalized spacial score (nSPS) is 13.1. The summed E-state index contributed by atoms with van der Waals surface area (Å²) in [5.74, 6) is 0.661. The van der Waals surface area contributed by atoms with Gasteiger partial charge in [-0.2, -0.15) is 0 Å². The van der Waals surface area contributed by atoms with E-state index >= 15 is 0 Å². The molecule has 3 heterocycles. The Balaban J connectivity index is 1.34. The van der Waals surface area contributed by atoms with Crippen LogP contribution in [0.15, 0.2) is 158 Å². The molecule has 3 nitrogen and oxygen atoms in total. The van der Waals surface area contributed by atoms with Gasteiger partial charge in [-0.1, -0.05) is 146 Å². The van der Waals surface area contributed by atoms with Gasteiger partial charge < -0.3 is 0 Å². The summed E-state index contributed by atoms with van der Waals surface area (Å²) in [7, 11) is 0. The van der Waals surface area contributed by atoms with Crippen LogP contribution in [-0.4, -0.2) is 14.5 Å². The van der Waals surface area contributed by atoms with Gasteiger partial charge in [0.15, 0.2) is 0 Å². The maximum Gasteiger partial charge on any atom is 0.235 e. The van der Waals surface area contributed by atoms with Crippen molar-refractivity contribution < 1.29 is 0 Å². The molecule has 53 heavy (non-hydrogen) atoms. The molecule has 3 aromatic heterocycles. The van der Waals surface area contributed by atoms with Crippen LogP contribution in [0, 0.1) is 0 Å². The first-order valence-corrected chi connectivity index (χ1v) is 18.8. The first kappa shape index (κ1) is 30.0. The first-order valence-electron chi connectivity index (χ1n) is 17.9. The molecule has 0 bridgehead atoms. The predicted molar refractivity (Wildman–Crippen MR) is 228 cm³/mol. The smallest absolute Gasteiger partial charge is 0.235 e. The summed E-state index contributed by atoms with van der Waals surface area (Å²) in [6, 6.07) is 52.6. The molecule has 0 aliphatic heterocycles.